The van der Waals surface area contributed by atoms with Gasteiger partial charge in [-0.25, -0.2) is 4.39 Å². The summed E-state index contributed by atoms with van der Waals surface area (Å²) in [7, 11) is 0. The number of aromatic nitrogens is 4. The lowest BCUT2D eigenvalue weighted by Crippen LogP contribution is -1.99. The van der Waals surface area contributed by atoms with Crippen LogP contribution < -0.4 is 0 Å². The average Bonchev–Trinajstić information content (AvgIpc) is 3.18. The summed E-state index contributed by atoms with van der Waals surface area (Å²) in [5.74, 6) is 0.361. The van der Waals surface area contributed by atoms with Crippen LogP contribution >= 0.6 is 22.9 Å². The summed E-state index contributed by atoms with van der Waals surface area (Å²) >= 11 is 7.31. The van der Waals surface area contributed by atoms with E-state index >= 15 is 0 Å². The molecule has 0 radical (unpaired) electrons. The van der Waals surface area contributed by atoms with Crippen molar-refractivity contribution in [2.24, 2.45) is 0 Å². The van der Waals surface area contributed by atoms with Crippen LogP contribution in [0.4, 0.5) is 4.39 Å². The van der Waals surface area contributed by atoms with Gasteiger partial charge in [0.25, 0.3) is 0 Å². The molecule has 0 saturated heterocycles. The lowest BCUT2D eigenvalue weighted by atomic mass is 10.1. The Hall–Kier alpha value is -2.57. The van der Waals surface area contributed by atoms with Crippen molar-refractivity contribution in [2.75, 3.05) is 0 Å². The molecule has 2 aromatic heterocycles. The van der Waals surface area contributed by atoms with Crippen LogP contribution in [-0.2, 0) is 6.42 Å². The monoisotopic (exact) mass is 370 g/mol. The number of nitrogens with zero attached hydrogens (tertiary/aromatic N) is 4. The first-order valence-corrected chi connectivity index (χ1v) is 8.77. The van der Waals surface area contributed by atoms with Gasteiger partial charge in [-0.2, -0.15) is 9.61 Å². The van der Waals surface area contributed by atoms with Crippen molar-refractivity contribution >= 4 is 40.1 Å². The molecule has 0 aliphatic carbocycles. The minimum atomic E-state index is -0.252. The van der Waals surface area contributed by atoms with Crippen LogP contribution in [0.25, 0.3) is 17.1 Å². The molecular weight excluding hydrogens is 359 g/mol. The van der Waals surface area contributed by atoms with Crippen LogP contribution in [0.1, 0.15) is 22.0 Å². The van der Waals surface area contributed by atoms with E-state index in [0.717, 1.165) is 10.6 Å². The van der Waals surface area contributed by atoms with Gasteiger partial charge in [0.2, 0.25) is 4.96 Å². The third-order valence-corrected chi connectivity index (χ3v) is 4.78. The minimum Gasteiger partial charge on any atom is -0.207 e. The lowest BCUT2D eigenvalue weighted by Gasteiger charge is -1.99. The molecule has 0 saturated carbocycles. The van der Waals surface area contributed by atoms with E-state index in [1.165, 1.54) is 17.4 Å². The van der Waals surface area contributed by atoms with Gasteiger partial charge in [-0.05, 0) is 35.4 Å². The molecule has 0 fully saturated rings. The molecule has 0 bridgehead atoms. The first kappa shape index (κ1) is 15.9. The fourth-order valence-corrected chi connectivity index (χ4v) is 3.29. The van der Waals surface area contributed by atoms with E-state index in [2.05, 4.69) is 15.3 Å². The van der Waals surface area contributed by atoms with Gasteiger partial charge in [0.15, 0.2) is 5.82 Å². The molecule has 0 aliphatic rings. The first-order chi connectivity index (χ1) is 12.2. The highest BCUT2D eigenvalue weighted by Crippen LogP contribution is 2.19. The van der Waals surface area contributed by atoms with Crippen LogP contribution in [0, 0.1) is 5.82 Å². The largest absolute Gasteiger partial charge is 0.234 e. The van der Waals surface area contributed by atoms with Crippen LogP contribution in [0.5, 0.6) is 0 Å². The van der Waals surface area contributed by atoms with Crippen molar-refractivity contribution in [3.05, 3.63) is 81.3 Å². The van der Waals surface area contributed by atoms with Gasteiger partial charge in [0, 0.05) is 11.4 Å². The molecule has 0 N–H and O–H groups in total. The SMILES string of the molecule is Fc1ccccc1Cc1nnc2sc(/C=C\c3ccc(Cl)cc3)nn12. The van der Waals surface area contributed by atoms with Gasteiger partial charge in [0.05, 0.1) is 0 Å². The van der Waals surface area contributed by atoms with Gasteiger partial charge in [-0.3, -0.25) is 0 Å². The third kappa shape index (κ3) is 3.45. The third-order valence-electron chi connectivity index (χ3n) is 3.67. The van der Waals surface area contributed by atoms with E-state index in [9.17, 15) is 4.39 Å². The maximum atomic E-state index is 13.8. The number of halogens is 2. The average molecular weight is 371 g/mol. The van der Waals surface area contributed by atoms with Crippen molar-refractivity contribution in [3.8, 4) is 0 Å². The molecule has 4 aromatic rings. The highest BCUT2D eigenvalue weighted by molar-refractivity contribution is 7.17. The molecule has 25 heavy (non-hydrogen) atoms. The molecule has 0 aliphatic heterocycles. The van der Waals surface area contributed by atoms with Crippen LogP contribution in [0.3, 0.4) is 0 Å². The van der Waals surface area contributed by atoms with Crippen molar-refractivity contribution < 1.29 is 4.39 Å². The second kappa shape index (κ2) is 6.74. The van der Waals surface area contributed by atoms with Crippen LogP contribution in [-0.4, -0.2) is 19.8 Å². The Morgan fingerprint density at radius 2 is 1.84 bits per heavy atom. The molecule has 0 amide bonds. The molecule has 0 atom stereocenters. The molecule has 2 aromatic carbocycles. The Morgan fingerprint density at radius 3 is 2.64 bits per heavy atom. The highest BCUT2D eigenvalue weighted by atomic mass is 35.5. The summed E-state index contributed by atoms with van der Waals surface area (Å²) in [4.78, 5) is 0.682. The maximum absolute atomic E-state index is 13.8. The fraction of sp³-hybridized carbons (Fsp3) is 0.0556. The van der Waals surface area contributed by atoms with E-state index in [-0.39, 0.29) is 5.82 Å². The molecule has 7 heteroatoms. The Balaban J connectivity index is 1.60. The van der Waals surface area contributed by atoms with Crippen molar-refractivity contribution in [1.29, 1.82) is 0 Å². The second-order valence-corrected chi connectivity index (χ2v) is 6.83. The van der Waals surface area contributed by atoms with Gasteiger partial charge >= 0.3 is 0 Å². The zero-order valence-corrected chi connectivity index (χ0v) is 14.5. The van der Waals surface area contributed by atoms with Crippen LogP contribution in [0.2, 0.25) is 5.02 Å². The highest BCUT2D eigenvalue weighted by Gasteiger charge is 2.12. The summed E-state index contributed by atoms with van der Waals surface area (Å²) in [5.41, 5.74) is 1.60. The summed E-state index contributed by atoms with van der Waals surface area (Å²) in [6.07, 6.45) is 4.21. The smallest absolute Gasteiger partial charge is 0.207 e. The quantitative estimate of drug-likeness (QED) is 0.521. The topological polar surface area (TPSA) is 43.1 Å². The van der Waals surface area contributed by atoms with E-state index in [1.54, 1.807) is 22.7 Å². The first-order valence-electron chi connectivity index (χ1n) is 7.57. The number of benzene rings is 2. The standard InChI is InChI=1S/C18H12ClFN4S/c19-14-8-5-12(6-9-14)7-10-17-23-24-16(21-22-18(24)25-17)11-13-3-1-2-4-15(13)20/h1-10H,11H2/b10-7-. The molecule has 2 heterocycles. The molecule has 4 rings (SSSR count). The Kier molecular flexibility index (Phi) is 4.29. The maximum Gasteiger partial charge on any atom is 0.234 e. The van der Waals surface area contributed by atoms with Gasteiger partial charge in [0.1, 0.15) is 10.8 Å². The zero-order chi connectivity index (χ0) is 17.2. The summed E-state index contributed by atoms with van der Waals surface area (Å²) < 4.78 is 15.5. The van der Waals surface area contributed by atoms with Crippen molar-refractivity contribution in [3.63, 3.8) is 0 Å². The van der Waals surface area contributed by atoms with Gasteiger partial charge in [-0.1, -0.05) is 59.3 Å². The molecule has 124 valence electrons. The summed E-state index contributed by atoms with van der Waals surface area (Å²) in [5, 5.41) is 14.3. The lowest BCUT2D eigenvalue weighted by molar-refractivity contribution is 0.611. The fourth-order valence-electron chi connectivity index (χ4n) is 2.40. The summed E-state index contributed by atoms with van der Waals surface area (Å²) in [6.45, 7) is 0. The molecule has 0 unspecified atom stereocenters. The number of fused-ring (bicyclic) bond motifs is 1. The summed E-state index contributed by atoms with van der Waals surface area (Å²) in [6, 6.07) is 14.2. The Bertz CT molecular complexity index is 1050. The molecule has 4 nitrogen and oxygen atoms in total. The number of hydrogen-bond donors (Lipinski definition) is 0. The van der Waals surface area contributed by atoms with E-state index in [0.29, 0.717) is 27.8 Å². The van der Waals surface area contributed by atoms with Crippen LogP contribution in [0.15, 0.2) is 48.5 Å². The second-order valence-electron chi connectivity index (χ2n) is 5.40. The Labute approximate surface area is 152 Å². The minimum absolute atomic E-state index is 0.252. The normalized spacial score (nSPS) is 11.6. The van der Waals surface area contributed by atoms with Gasteiger partial charge in [-0.15, -0.1) is 10.2 Å². The Morgan fingerprint density at radius 1 is 1.04 bits per heavy atom. The van der Waals surface area contributed by atoms with Crippen molar-refractivity contribution in [1.82, 2.24) is 19.8 Å². The predicted octanol–water partition coefficient (Wildman–Crippen LogP) is 4.74. The van der Waals surface area contributed by atoms with Gasteiger partial charge < -0.3 is 0 Å². The number of rotatable bonds is 4. The predicted molar refractivity (Wildman–Crippen MR) is 98.2 cm³/mol. The molecule has 0 spiro atoms. The van der Waals surface area contributed by atoms with E-state index in [4.69, 9.17) is 11.6 Å². The number of hydrogen-bond acceptors (Lipinski definition) is 4. The van der Waals surface area contributed by atoms with E-state index < -0.39 is 0 Å². The van der Waals surface area contributed by atoms with E-state index in [1.807, 2.05) is 36.4 Å². The molecular formula is C18H12ClFN4S. The zero-order valence-electron chi connectivity index (χ0n) is 12.9. The van der Waals surface area contributed by atoms with Crippen molar-refractivity contribution in [2.45, 2.75) is 6.42 Å².